The fraction of sp³-hybridized carbons (Fsp3) is 0.308. The van der Waals surface area contributed by atoms with Gasteiger partial charge in [-0.1, -0.05) is 24.3 Å². The maximum Gasteiger partial charge on any atom is 0.0801 e. The Bertz CT molecular complexity index is 478. The van der Waals surface area contributed by atoms with E-state index in [1.54, 1.807) is 11.3 Å². The monoisotopic (exact) mass is 248 g/mol. The molecule has 0 spiro atoms. The minimum atomic E-state index is -0.0865. The van der Waals surface area contributed by atoms with Crippen LogP contribution < -0.4 is 5.73 Å². The number of aliphatic hydroxyl groups is 1. The summed E-state index contributed by atoms with van der Waals surface area (Å²) in [6.45, 7) is 2.13. The van der Waals surface area contributed by atoms with Gasteiger partial charge in [0, 0.05) is 12.6 Å². The van der Waals surface area contributed by atoms with Gasteiger partial charge in [0.1, 0.15) is 0 Å². The molecule has 2 rings (SSSR count). The van der Waals surface area contributed by atoms with Gasteiger partial charge in [-0.05, 0) is 24.5 Å². The van der Waals surface area contributed by atoms with E-state index in [0.29, 0.717) is 6.42 Å². The fourth-order valence-electron chi connectivity index (χ4n) is 1.77. The summed E-state index contributed by atoms with van der Waals surface area (Å²) in [6, 6.07) is 8.08. The van der Waals surface area contributed by atoms with E-state index in [9.17, 15) is 0 Å². The summed E-state index contributed by atoms with van der Waals surface area (Å²) < 4.78 is 0. The zero-order chi connectivity index (χ0) is 12.3. The number of hydrogen-bond acceptors (Lipinski definition) is 4. The largest absolute Gasteiger partial charge is 0.396 e. The second kappa shape index (κ2) is 5.40. The molecule has 0 aliphatic heterocycles. The number of hydrogen-bond donors (Lipinski definition) is 2. The Labute approximate surface area is 105 Å². The van der Waals surface area contributed by atoms with Crippen LogP contribution in [0.4, 0.5) is 0 Å². The highest BCUT2D eigenvalue weighted by molar-refractivity contribution is 7.13. The van der Waals surface area contributed by atoms with Crippen molar-refractivity contribution in [2.45, 2.75) is 19.4 Å². The Hall–Kier alpha value is -1.23. The lowest BCUT2D eigenvalue weighted by Gasteiger charge is -2.10. The molecule has 1 aromatic heterocycles. The van der Waals surface area contributed by atoms with Crippen molar-refractivity contribution in [1.29, 1.82) is 0 Å². The van der Waals surface area contributed by atoms with Gasteiger partial charge in [-0.2, -0.15) is 0 Å². The van der Waals surface area contributed by atoms with Gasteiger partial charge in [0.2, 0.25) is 0 Å². The Balaban J connectivity index is 2.21. The molecule has 3 N–H and O–H groups in total. The van der Waals surface area contributed by atoms with Crippen LogP contribution in [0.15, 0.2) is 29.8 Å². The van der Waals surface area contributed by atoms with Crippen molar-refractivity contribution in [3.05, 3.63) is 41.0 Å². The minimum Gasteiger partial charge on any atom is -0.396 e. The summed E-state index contributed by atoms with van der Waals surface area (Å²) in [5.74, 6) is 0. The van der Waals surface area contributed by atoms with Gasteiger partial charge in [0.25, 0.3) is 0 Å². The molecule has 0 unspecified atom stereocenters. The molecule has 90 valence electrons. The molecule has 0 radical (unpaired) electrons. The predicted molar refractivity (Wildman–Crippen MR) is 70.9 cm³/mol. The predicted octanol–water partition coefficient (Wildman–Crippen LogP) is 2.50. The molecular formula is C13H16N2OS. The molecule has 0 fully saturated rings. The number of aromatic nitrogens is 1. The van der Waals surface area contributed by atoms with E-state index in [4.69, 9.17) is 10.8 Å². The zero-order valence-corrected chi connectivity index (χ0v) is 10.6. The number of nitrogens with two attached hydrogens (primary N) is 1. The summed E-state index contributed by atoms with van der Waals surface area (Å²) in [4.78, 5) is 5.44. The van der Waals surface area contributed by atoms with Crippen molar-refractivity contribution >= 4 is 11.3 Å². The molecule has 0 aliphatic rings. The van der Waals surface area contributed by atoms with Crippen molar-refractivity contribution in [1.82, 2.24) is 4.98 Å². The third-order valence-electron chi connectivity index (χ3n) is 2.79. The number of benzene rings is 1. The van der Waals surface area contributed by atoms with Crippen LogP contribution >= 0.6 is 11.3 Å². The van der Waals surface area contributed by atoms with Crippen LogP contribution in [0.25, 0.3) is 10.4 Å². The summed E-state index contributed by atoms with van der Waals surface area (Å²) in [5, 5.41) is 8.85. The molecule has 3 nitrogen and oxygen atoms in total. The van der Waals surface area contributed by atoms with Crippen LogP contribution in [0.5, 0.6) is 0 Å². The van der Waals surface area contributed by atoms with Crippen LogP contribution in [0.1, 0.15) is 23.7 Å². The molecule has 4 heteroatoms. The molecule has 17 heavy (non-hydrogen) atoms. The molecule has 0 aliphatic carbocycles. The number of rotatable bonds is 4. The molecule has 2 aromatic rings. The van der Waals surface area contributed by atoms with Gasteiger partial charge in [-0.15, -0.1) is 11.3 Å². The number of aryl methyl sites for hydroxylation is 1. The van der Waals surface area contributed by atoms with E-state index in [1.807, 2.05) is 24.6 Å². The standard InChI is InChI=1S/C13H16N2OS/c1-9-13(17-8-15-9)11-4-2-10(3-5-11)12(14)6-7-16/h2-5,8,12,16H,6-7,14H2,1H3/t12-/m0/s1. The lowest BCUT2D eigenvalue weighted by Crippen LogP contribution is -2.11. The first-order valence-corrected chi connectivity index (χ1v) is 6.47. The quantitative estimate of drug-likeness (QED) is 0.874. The second-order valence-electron chi connectivity index (χ2n) is 4.01. The van der Waals surface area contributed by atoms with E-state index < -0.39 is 0 Å². The van der Waals surface area contributed by atoms with Gasteiger partial charge >= 0.3 is 0 Å². The van der Waals surface area contributed by atoms with Gasteiger partial charge in [0.15, 0.2) is 0 Å². The van der Waals surface area contributed by atoms with E-state index in [-0.39, 0.29) is 12.6 Å². The molecule has 1 atom stereocenters. The van der Waals surface area contributed by atoms with Gasteiger partial charge in [-0.3, -0.25) is 0 Å². The van der Waals surface area contributed by atoms with Crippen LogP contribution in [0, 0.1) is 6.92 Å². The smallest absolute Gasteiger partial charge is 0.0801 e. The minimum absolute atomic E-state index is 0.0865. The highest BCUT2D eigenvalue weighted by atomic mass is 32.1. The molecule has 0 saturated carbocycles. The van der Waals surface area contributed by atoms with Crippen LogP contribution in [0.2, 0.25) is 0 Å². The maximum atomic E-state index is 8.85. The Kier molecular flexibility index (Phi) is 3.89. The first kappa shape index (κ1) is 12.2. The van der Waals surface area contributed by atoms with Crippen molar-refractivity contribution in [3.8, 4) is 10.4 Å². The third kappa shape index (κ3) is 2.72. The average Bonchev–Trinajstić information content (AvgIpc) is 2.76. The van der Waals surface area contributed by atoms with Crippen molar-refractivity contribution in [3.63, 3.8) is 0 Å². The van der Waals surface area contributed by atoms with Gasteiger partial charge < -0.3 is 10.8 Å². The van der Waals surface area contributed by atoms with Crippen LogP contribution in [-0.4, -0.2) is 16.7 Å². The molecule has 0 bridgehead atoms. The molecule has 0 amide bonds. The summed E-state index contributed by atoms with van der Waals surface area (Å²) in [7, 11) is 0. The second-order valence-corrected chi connectivity index (χ2v) is 4.86. The SMILES string of the molecule is Cc1ncsc1-c1ccc([C@@H](N)CCO)cc1. The highest BCUT2D eigenvalue weighted by Crippen LogP contribution is 2.28. The van der Waals surface area contributed by atoms with E-state index in [1.165, 1.54) is 10.4 Å². The first-order valence-electron chi connectivity index (χ1n) is 5.59. The first-order chi connectivity index (χ1) is 8.22. The fourth-order valence-corrected chi connectivity index (χ4v) is 2.58. The third-order valence-corrected chi connectivity index (χ3v) is 3.76. The summed E-state index contributed by atoms with van der Waals surface area (Å²) in [5.41, 5.74) is 11.1. The molecule has 1 aromatic carbocycles. The van der Waals surface area contributed by atoms with E-state index >= 15 is 0 Å². The zero-order valence-electron chi connectivity index (χ0n) is 9.76. The van der Waals surface area contributed by atoms with Crippen LogP contribution in [0.3, 0.4) is 0 Å². The Morgan fingerprint density at radius 1 is 1.35 bits per heavy atom. The molecular weight excluding hydrogens is 232 g/mol. The lowest BCUT2D eigenvalue weighted by molar-refractivity contribution is 0.276. The number of aliphatic hydroxyl groups excluding tert-OH is 1. The number of thiazole rings is 1. The highest BCUT2D eigenvalue weighted by Gasteiger charge is 2.07. The topological polar surface area (TPSA) is 59.1 Å². The normalized spacial score (nSPS) is 12.6. The lowest BCUT2D eigenvalue weighted by atomic mass is 10.0. The molecule has 0 saturated heterocycles. The van der Waals surface area contributed by atoms with Gasteiger partial charge in [-0.25, -0.2) is 4.98 Å². The Morgan fingerprint density at radius 3 is 2.59 bits per heavy atom. The van der Waals surface area contributed by atoms with Crippen LogP contribution in [-0.2, 0) is 0 Å². The van der Waals surface area contributed by atoms with E-state index in [0.717, 1.165) is 11.3 Å². The maximum absolute atomic E-state index is 8.85. The van der Waals surface area contributed by atoms with E-state index in [2.05, 4.69) is 17.1 Å². The van der Waals surface area contributed by atoms with Crippen molar-refractivity contribution in [2.24, 2.45) is 5.73 Å². The number of nitrogens with zero attached hydrogens (tertiary/aromatic N) is 1. The van der Waals surface area contributed by atoms with Gasteiger partial charge in [0.05, 0.1) is 16.1 Å². The van der Waals surface area contributed by atoms with Crippen molar-refractivity contribution in [2.75, 3.05) is 6.61 Å². The Morgan fingerprint density at radius 2 is 2.06 bits per heavy atom. The molecule has 1 heterocycles. The average molecular weight is 248 g/mol. The summed E-state index contributed by atoms with van der Waals surface area (Å²) in [6.07, 6.45) is 0.596. The van der Waals surface area contributed by atoms with Crippen molar-refractivity contribution < 1.29 is 5.11 Å². The summed E-state index contributed by atoms with van der Waals surface area (Å²) >= 11 is 1.64.